The van der Waals surface area contributed by atoms with Gasteiger partial charge >= 0.3 is 11.9 Å². The van der Waals surface area contributed by atoms with Crippen molar-refractivity contribution in [3.8, 4) is 0 Å². The lowest BCUT2D eigenvalue weighted by molar-refractivity contribution is -0.222. The first-order chi connectivity index (χ1) is 13.1. The fourth-order valence-electron chi connectivity index (χ4n) is 3.15. The molecule has 0 atom stereocenters. The van der Waals surface area contributed by atoms with E-state index in [2.05, 4.69) is 5.32 Å². The topological polar surface area (TPSA) is 102 Å². The van der Waals surface area contributed by atoms with Crippen LogP contribution in [0.25, 0.3) is 0 Å². The van der Waals surface area contributed by atoms with Gasteiger partial charge < -0.3 is 14.8 Å². The second kappa shape index (κ2) is 7.56. The molecule has 3 rings (SSSR count). The van der Waals surface area contributed by atoms with Crippen molar-refractivity contribution in [3.63, 3.8) is 0 Å². The van der Waals surface area contributed by atoms with Gasteiger partial charge in [0.15, 0.2) is 5.57 Å². The Kier molecular flexibility index (Phi) is 5.49. The van der Waals surface area contributed by atoms with Gasteiger partial charge in [-0.3, -0.25) is 0 Å². The van der Waals surface area contributed by atoms with Gasteiger partial charge in [-0.1, -0.05) is 12.5 Å². The molecule has 1 aromatic rings. The third-order valence-corrected chi connectivity index (χ3v) is 6.66. The summed E-state index contributed by atoms with van der Waals surface area (Å²) in [7, 11) is -3.61. The van der Waals surface area contributed by atoms with Crippen molar-refractivity contribution in [2.45, 2.75) is 50.7 Å². The SMILES string of the molecule is Cc1ccc(NC=C2C(=O)OC(C)(C)OC2=O)cc1S(=O)(=O)N1CCCCC1. The minimum Gasteiger partial charge on any atom is -0.419 e. The summed E-state index contributed by atoms with van der Waals surface area (Å²) in [5.74, 6) is -2.92. The Morgan fingerprint density at radius 2 is 1.68 bits per heavy atom. The first-order valence-corrected chi connectivity index (χ1v) is 10.6. The fourth-order valence-corrected chi connectivity index (χ4v) is 4.91. The van der Waals surface area contributed by atoms with Crippen molar-refractivity contribution in [1.29, 1.82) is 0 Å². The van der Waals surface area contributed by atoms with E-state index in [4.69, 9.17) is 9.47 Å². The maximum Gasteiger partial charge on any atom is 0.350 e. The highest BCUT2D eigenvalue weighted by Gasteiger charge is 2.39. The molecule has 0 radical (unpaired) electrons. The van der Waals surface area contributed by atoms with Crippen molar-refractivity contribution in [2.24, 2.45) is 0 Å². The molecule has 2 fully saturated rings. The lowest BCUT2D eigenvalue weighted by atomic mass is 10.2. The summed E-state index contributed by atoms with van der Waals surface area (Å²) in [5, 5.41) is 2.80. The minimum atomic E-state index is -3.61. The molecule has 1 N–H and O–H groups in total. The average molecular weight is 408 g/mol. The molecule has 28 heavy (non-hydrogen) atoms. The van der Waals surface area contributed by atoms with Crippen LogP contribution in [0.1, 0.15) is 38.7 Å². The average Bonchev–Trinajstić information content (AvgIpc) is 2.62. The van der Waals surface area contributed by atoms with Crippen molar-refractivity contribution >= 4 is 27.6 Å². The molecule has 8 nitrogen and oxygen atoms in total. The number of nitrogens with one attached hydrogen (secondary N) is 1. The van der Waals surface area contributed by atoms with Gasteiger partial charge in [-0.05, 0) is 37.5 Å². The smallest absolute Gasteiger partial charge is 0.350 e. The van der Waals surface area contributed by atoms with E-state index in [1.54, 1.807) is 19.1 Å². The standard InChI is InChI=1S/C19H24N2O6S/c1-13-7-8-14(11-16(13)28(24,25)21-9-5-4-6-10-21)20-12-15-17(22)26-19(2,3)27-18(15)23/h7-8,11-12,20H,4-6,9-10H2,1-3H3. The van der Waals surface area contributed by atoms with E-state index >= 15 is 0 Å². The Hall–Kier alpha value is -2.39. The molecule has 0 bridgehead atoms. The number of nitrogens with zero attached hydrogens (tertiary/aromatic N) is 1. The van der Waals surface area contributed by atoms with Gasteiger partial charge in [0.2, 0.25) is 10.0 Å². The van der Waals surface area contributed by atoms with Crippen LogP contribution in [0.15, 0.2) is 34.9 Å². The third kappa shape index (κ3) is 4.20. The second-order valence-corrected chi connectivity index (χ2v) is 9.23. The van der Waals surface area contributed by atoms with Crippen LogP contribution in [0.5, 0.6) is 0 Å². The molecule has 2 aliphatic rings. The summed E-state index contributed by atoms with van der Waals surface area (Å²) in [4.78, 5) is 24.2. The van der Waals surface area contributed by atoms with E-state index in [0.29, 0.717) is 24.3 Å². The molecule has 2 aliphatic heterocycles. The third-order valence-electron chi connectivity index (χ3n) is 4.62. The van der Waals surface area contributed by atoms with Crippen molar-refractivity contribution in [3.05, 3.63) is 35.5 Å². The number of rotatable bonds is 4. The van der Waals surface area contributed by atoms with Crippen LogP contribution in [0, 0.1) is 6.92 Å². The van der Waals surface area contributed by atoms with Gasteiger partial charge in [-0.2, -0.15) is 4.31 Å². The van der Waals surface area contributed by atoms with Crippen LogP contribution in [0.4, 0.5) is 5.69 Å². The largest absolute Gasteiger partial charge is 0.419 e. The minimum absolute atomic E-state index is 0.202. The predicted molar refractivity (Wildman–Crippen MR) is 102 cm³/mol. The Labute approximate surface area is 164 Å². The van der Waals surface area contributed by atoms with Crippen LogP contribution < -0.4 is 5.32 Å². The molecule has 2 saturated heterocycles. The summed E-state index contributed by atoms with van der Waals surface area (Å²) >= 11 is 0. The zero-order valence-electron chi connectivity index (χ0n) is 16.1. The number of hydrogen-bond acceptors (Lipinski definition) is 7. The molecule has 0 spiro atoms. The maximum absolute atomic E-state index is 13.0. The molecule has 9 heteroatoms. The second-order valence-electron chi connectivity index (χ2n) is 7.33. The van der Waals surface area contributed by atoms with Gasteiger partial charge in [0.25, 0.3) is 5.79 Å². The Morgan fingerprint density at radius 1 is 1.07 bits per heavy atom. The molecule has 0 aromatic heterocycles. The fraction of sp³-hybridized carbons (Fsp3) is 0.474. The van der Waals surface area contributed by atoms with Crippen LogP contribution in [0.3, 0.4) is 0 Å². The molecular weight excluding hydrogens is 384 g/mol. The normalized spacial score (nSPS) is 20.3. The van der Waals surface area contributed by atoms with Gasteiger partial charge in [-0.25, -0.2) is 18.0 Å². The summed E-state index contributed by atoms with van der Waals surface area (Å²) in [6.07, 6.45) is 3.90. The molecule has 0 aliphatic carbocycles. The van der Waals surface area contributed by atoms with E-state index in [9.17, 15) is 18.0 Å². The number of cyclic esters (lactones) is 2. The molecule has 1 aromatic carbocycles. The number of aryl methyl sites for hydroxylation is 1. The van der Waals surface area contributed by atoms with E-state index in [-0.39, 0.29) is 10.5 Å². The first-order valence-electron chi connectivity index (χ1n) is 9.14. The Balaban J connectivity index is 1.84. The number of carbonyl (C=O) groups excluding carboxylic acids is 2. The molecule has 0 unspecified atom stereocenters. The van der Waals surface area contributed by atoms with Crippen LogP contribution in [0.2, 0.25) is 0 Å². The maximum atomic E-state index is 13.0. The highest BCUT2D eigenvalue weighted by molar-refractivity contribution is 7.89. The number of carbonyl (C=O) groups is 2. The van der Waals surface area contributed by atoms with E-state index in [1.807, 2.05) is 0 Å². The van der Waals surface area contributed by atoms with E-state index < -0.39 is 27.7 Å². The van der Waals surface area contributed by atoms with Gasteiger partial charge in [-0.15, -0.1) is 0 Å². The monoisotopic (exact) mass is 408 g/mol. The van der Waals surface area contributed by atoms with Crippen molar-refractivity contribution in [1.82, 2.24) is 4.31 Å². The summed E-state index contributed by atoms with van der Waals surface area (Å²) in [6, 6.07) is 4.85. The summed E-state index contributed by atoms with van der Waals surface area (Å²) < 4.78 is 37.5. The van der Waals surface area contributed by atoms with Crippen molar-refractivity contribution in [2.75, 3.05) is 18.4 Å². The van der Waals surface area contributed by atoms with Crippen LogP contribution in [-0.4, -0.2) is 43.5 Å². The molecule has 0 saturated carbocycles. The number of ether oxygens (including phenoxy) is 2. The number of esters is 2. The molecule has 0 amide bonds. The lowest BCUT2D eigenvalue weighted by Gasteiger charge is -2.29. The summed E-state index contributed by atoms with van der Waals surface area (Å²) in [6.45, 7) is 5.68. The Bertz CT molecular complexity index is 908. The van der Waals surface area contributed by atoms with Crippen LogP contribution >= 0.6 is 0 Å². The number of hydrogen-bond donors (Lipinski definition) is 1. The number of piperidine rings is 1. The summed E-state index contributed by atoms with van der Waals surface area (Å²) in [5.41, 5.74) is 0.765. The lowest BCUT2D eigenvalue weighted by Crippen LogP contribution is -2.42. The van der Waals surface area contributed by atoms with Gasteiger partial charge in [0, 0.05) is 38.8 Å². The zero-order valence-corrected chi connectivity index (χ0v) is 17.0. The highest BCUT2D eigenvalue weighted by atomic mass is 32.2. The van der Waals surface area contributed by atoms with Gasteiger partial charge in [0.1, 0.15) is 0 Å². The Morgan fingerprint density at radius 3 is 2.29 bits per heavy atom. The molecule has 152 valence electrons. The van der Waals surface area contributed by atoms with E-state index in [0.717, 1.165) is 19.3 Å². The van der Waals surface area contributed by atoms with Gasteiger partial charge in [0.05, 0.1) is 4.90 Å². The van der Waals surface area contributed by atoms with Crippen LogP contribution in [-0.2, 0) is 29.1 Å². The number of benzene rings is 1. The quantitative estimate of drug-likeness (QED) is 0.463. The number of sulfonamides is 1. The van der Waals surface area contributed by atoms with E-state index in [1.165, 1.54) is 30.4 Å². The molecule has 2 heterocycles. The highest BCUT2D eigenvalue weighted by Crippen LogP contribution is 2.27. The molecular formula is C19H24N2O6S. The number of anilines is 1. The first kappa shape index (κ1) is 20.3. The van der Waals surface area contributed by atoms with Crippen molar-refractivity contribution < 1.29 is 27.5 Å². The zero-order chi connectivity index (χ0) is 20.5. The predicted octanol–water partition coefficient (Wildman–Crippen LogP) is 2.30.